The largest absolute Gasteiger partial charge is 0.480 e. The first-order valence-corrected chi connectivity index (χ1v) is 7.33. The quantitative estimate of drug-likeness (QED) is 0.531. The van der Waals surface area contributed by atoms with Crippen molar-refractivity contribution in [2.75, 3.05) is 25.0 Å². The van der Waals surface area contributed by atoms with Crippen molar-refractivity contribution in [3.63, 3.8) is 0 Å². The molecule has 0 bridgehead atoms. The second-order valence-corrected chi connectivity index (χ2v) is 5.17. The van der Waals surface area contributed by atoms with E-state index in [9.17, 15) is 19.7 Å². The molecule has 0 fully saturated rings. The molecule has 0 saturated heterocycles. The summed E-state index contributed by atoms with van der Waals surface area (Å²) in [7, 11) is 0. The zero-order valence-corrected chi connectivity index (χ0v) is 13.2. The summed E-state index contributed by atoms with van der Waals surface area (Å²) >= 11 is 0. The number of carboxylic acid groups (broad SMARTS) is 1. The van der Waals surface area contributed by atoms with Gasteiger partial charge in [-0.2, -0.15) is 0 Å². The van der Waals surface area contributed by atoms with E-state index in [1.54, 1.807) is 17.9 Å². The third kappa shape index (κ3) is 6.03. The van der Waals surface area contributed by atoms with Crippen LogP contribution < -0.4 is 5.32 Å². The van der Waals surface area contributed by atoms with Crippen LogP contribution in [0, 0.1) is 17.0 Å². The van der Waals surface area contributed by atoms with Gasteiger partial charge in [0, 0.05) is 19.0 Å². The summed E-state index contributed by atoms with van der Waals surface area (Å²) in [5, 5.41) is 22.3. The van der Waals surface area contributed by atoms with E-state index in [1.165, 1.54) is 12.1 Å². The molecule has 2 N–H and O–H groups in total. The minimum Gasteiger partial charge on any atom is -0.480 e. The fraction of sp³-hybridized carbons (Fsp3) is 0.467. The molecule has 0 saturated carbocycles. The van der Waals surface area contributed by atoms with E-state index in [0.29, 0.717) is 24.3 Å². The molecule has 126 valence electrons. The predicted octanol–water partition coefficient (Wildman–Crippen LogP) is 2.03. The van der Waals surface area contributed by atoms with Crippen LogP contribution in [-0.2, 0) is 9.59 Å². The van der Waals surface area contributed by atoms with Gasteiger partial charge in [0.25, 0.3) is 5.69 Å². The molecule has 0 aliphatic heterocycles. The van der Waals surface area contributed by atoms with Crippen molar-refractivity contribution < 1.29 is 19.6 Å². The summed E-state index contributed by atoms with van der Waals surface area (Å²) in [6.07, 6.45) is 0.911. The predicted molar refractivity (Wildman–Crippen MR) is 85.4 cm³/mol. The van der Waals surface area contributed by atoms with E-state index in [0.717, 1.165) is 6.42 Å². The highest BCUT2D eigenvalue weighted by atomic mass is 16.6. The lowest BCUT2D eigenvalue weighted by atomic mass is 10.1. The van der Waals surface area contributed by atoms with Crippen LogP contribution in [0.3, 0.4) is 0 Å². The normalized spacial score (nSPS) is 10.6. The molecule has 0 aliphatic carbocycles. The highest BCUT2D eigenvalue weighted by molar-refractivity contribution is 5.92. The topological polar surface area (TPSA) is 113 Å². The Kier molecular flexibility index (Phi) is 7.14. The van der Waals surface area contributed by atoms with Gasteiger partial charge in [0.05, 0.1) is 22.7 Å². The minimum absolute atomic E-state index is 0.0544. The molecular formula is C15H21N3O5. The number of nitro groups is 1. The number of aliphatic carboxylic acids is 1. The minimum atomic E-state index is -0.937. The molecule has 0 atom stereocenters. The molecular weight excluding hydrogens is 302 g/mol. The van der Waals surface area contributed by atoms with Crippen LogP contribution in [0.1, 0.15) is 25.3 Å². The molecule has 0 unspecified atom stereocenters. The number of nitrogens with zero attached hydrogens (tertiary/aromatic N) is 2. The number of hydrogen-bond acceptors (Lipinski definition) is 5. The molecule has 8 heteroatoms. The van der Waals surface area contributed by atoms with E-state index in [4.69, 9.17) is 5.11 Å². The third-order valence-electron chi connectivity index (χ3n) is 3.33. The van der Waals surface area contributed by atoms with Crippen LogP contribution in [0.5, 0.6) is 0 Å². The Morgan fingerprint density at radius 3 is 2.61 bits per heavy atom. The van der Waals surface area contributed by atoms with Crippen molar-refractivity contribution in [2.45, 2.75) is 26.7 Å². The van der Waals surface area contributed by atoms with Gasteiger partial charge in [-0.05, 0) is 26.0 Å². The number of carbonyl (C=O) groups excluding carboxylic acids is 1. The summed E-state index contributed by atoms with van der Waals surface area (Å²) in [5.41, 5.74) is 0.729. The molecule has 0 radical (unpaired) electrons. The second-order valence-electron chi connectivity index (χ2n) is 5.17. The zero-order valence-electron chi connectivity index (χ0n) is 13.2. The van der Waals surface area contributed by atoms with Crippen LogP contribution in [0.4, 0.5) is 11.4 Å². The number of benzene rings is 1. The van der Waals surface area contributed by atoms with Gasteiger partial charge < -0.3 is 10.4 Å². The maximum atomic E-state index is 12.0. The van der Waals surface area contributed by atoms with Crippen molar-refractivity contribution >= 4 is 23.3 Å². The van der Waals surface area contributed by atoms with Crippen molar-refractivity contribution in [1.82, 2.24) is 4.90 Å². The van der Waals surface area contributed by atoms with Crippen LogP contribution in [0.25, 0.3) is 0 Å². The van der Waals surface area contributed by atoms with Crippen LogP contribution >= 0.6 is 0 Å². The molecule has 0 aromatic heterocycles. The van der Waals surface area contributed by atoms with Gasteiger partial charge in [0.2, 0.25) is 5.91 Å². The molecule has 1 amide bonds. The third-order valence-corrected chi connectivity index (χ3v) is 3.33. The number of rotatable bonds is 9. The van der Waals surface area contributed by atoms with E-state index < -0.39 is 10.9 Å². The van der Waals surface area contributed by atoms with E-state index in [1.807, 2.05) is 6.92 Å². The summed E-state index contributed by atoms with van der Waals surface area (Å²) in [5.74, 6) is -1.24. The lowest BCUT2D eigenvalue weighted by molar-refractivity contribution is -0.385. The smallest absolute Gasteiger partial charge is 0.317 e. The number of nitrogens with one attached hydrogen (secondary N) is 1. The molecule has 1 aromatic carbocycles. The number of carbonyl (C=O) groups is 2. The number of nitro benzene ring substituents is 1. The number of amides is 1. The lowest BCUT2D eigenvalue weighted by Crippen LogP contribution is -2.33. The van der Waals surface area contributed by atoms with Crippen molar-refractivity contribution in [1.29, 1.82) is 0 Å². The van der Waals surface area contributed by atoms with Crippen molar-refractivity contribution in [3.8, 4) is 0 Å². The SMILES string of the molecule is CCCN(CCC(=O)Nc1cccc([N+](=O)[O-])c1C)CC(=O)O. The Morgan fingerprint density at radius 1 is 1.35 bits per heavy atom. The first kappa shape index (κ1) is 18.6. The lowest BCUT2D eigenvalue weighted by Gasteiger charge is -2.19. The molecule has 1 aromatic rings. The second kappa shape index (κ2) is 8.84. The van der Waals surface area contributed by atoms with Gasteiger partial charge in [-0.25, -0.2) is 0 Å². The van der Waals surface area contributed by atoms with Crippen LogP contribution in [0.2, 0.25) is 0 Å². The Hall–Kier alpha value is -2.48. The first-order valence-electron chi connectivity index (χ1n) is 7.33. The molecule has 0 heterocycles. The number of carboxylic acids is 1. The fourth-order valence-corrected chi connectivity index (χ4v) is 2.21. The molecule has 8 nitrogen and oxygen atoms in total. The van der Waals surface area contributed by atoms with Gasteiger partial charge >= 0.3 is 5.97 Å². The maximum absolute atomic E-state index is 12.0. The molecule has 0 aliphatic rings. The molecule has 0 spiro atoms. The van der Waals surface area contributed by atoms with E-state index >= 15 is 0 Å². The summed E-state index contributed by atoms with van der Waals surface area (Å²) < 4.78 is 0. The Balaban J connectivity index is 2.64. The highest BCUT2D eigenvalue weighted by Gasteiger charge is 2.16. The highest BCUT2D eigenvalue weighted by Crippen LogP contribution is 2.25. The Labute approximate surface area is 134 Å². The monoisotopic (exact) mass is 323 g/mol. The summed E-state index contributed by atoms with van der Waals surface area (Å²) in [4.78, 5) is 34.8. The van der Waals surface area contributed by atoms with Crippen LogP contribution in [0.15, 0.2) is 18.2 Å². The molecule has 1 rings (SSSR count). The zero-order chi connectivity index (χ0) is 17.4. The van der Waals surface area contributed by atoms with E-state index in [-0.39, 0.29) is 24.6 Å². The van der Waals surface area contributed by atoms with Crippen molar-refractivity contribution in [2.24, 2.45) is 0 Å². The van der Waals surface area contributed by atoms with Gasteiger partial charge in [-0.15, -0.1) is 0 Å². The average molecular weight is 323 g/mol. The average Bonchev–Trinajstić information content (AvgIpc) is 2.46. The van der Waals surface area contributed by atoms with Crippen molar-refractivity contribution in [3.05, 3.63) is 33.9 Å². The Bertz CT molecular complexity index is 588. The first-order chi connectivity index (χ1) is 10.8. The standard InChI is InChI=1S/C15H21N3O5/c1-3-8-17(10-15(20)21)9-7-14(19)16-12-5-4-6-13(11(12)2)18(22)23/h4-6H,3,7-10H2,1-2H3,(H,16,19)(H,20,21). The summed E-state index contributed by atoms with van der Waals surface area (Å²) in [6, 6.07) is 4.48. The Morgan fingerprint density at radius 2 is 2.04 bits per heavy atom. The van der Waals surface area contributed by atoms with Gasteiger partial charge in [0.1, 0.15) is 0 Å². The van der Waals surface area contributed by atoms with Gasteiger partial charge in [0.15, 0.2) is 0 Å². The number of anilines is 1. The number of hydrogen-bond donors (Lipinski definition) is 2. The van der Waals surface area contributed by atoms with Crippen LogP contribution in [-0.4, -0.2) is 46.4 Å². The fourth-order valence-electron chi connectivity index (χ4n) is 2.21. The van der Waals surface area contributed by atoms with Gasteiger partial charge in [-0.3, -0.25) is 24.6 Å². The van der Waals surface area contributed by atoms with E-state index in [2.05, 4.69) is 5.32 Å². The molecule has 23 heavy (non-hydrogen) atoms. The summed E-state index contributed by atoms with van der Waals surface area (Å²) in [6.45, 7) is 4.30. The maximum Gasteiger partial charge on any atom is 0.317 e. The van der Waals surface area contributed by atoms with Gasteiger partial charge in [-0.1, -0.05) is 13.0 Å².